The van der Waals surface area contributed by atoms with Crippen molar-refractivity contribution >= 4 is 5.91 Å². The van der Waals surface area contributed by atoms with Gasteiger partial charge in [-0.25, -0.2) is 0 Å². The van der Waals surface area contributed by atoms with E-state index in [2.05, 4.69) is 24.0 Å². The molecule has 3 fully saturated rings. The van der Waals surface area contributed by atoms with E-state index in [-0.39, 0.29) is 5.92 Å². The number of carbonyl (C=O) groups excluding carboxylic acids is 1. The molecule has 5 heteroatoms. The Morgan fingerprint density at radius 2 is 2.10 bits per heavy atom. The Balaban J connectivity index is 1.44. The third kappa shape index (κ3) is 2.47. The van der Waals surface area contributed by atoms with Crippen LogP contribution in [-0.2, 0) is 4.79 Å². The number of amides is 1. The maximum Gasteiger partial charge on any atom is 0.231 e. The lowest BCUT2D eigenvalue weighted by atomic mass is 9.97. The smallest absolute Gasteiger partial charge is 0.231 e. The molecule has 0 spiro atoms. The number of rotatable bonds is 3. The molecule has 0 radical (unpaired) electrons. The van der Waals surface area contributed by atoms with Crippen LogP contribution in [0.3, 0.4) is 0 Å². The monoisotopic (exact) mass is 289 g/mol. The van der Waals surface area contributed by atoms with Crippen LogP contribution in [0.5, 0.6) is 0 Å². The number of carbonyl (C=O) groups is 1. The van der Waals surface area contributed by atoms with Gasteiger partial charge in [0.25, 0.3) is 0 Å². The van der Waals surface area contributed by atoms with Crippen molar-refractivity contribution in [2.45, 2.75) is 57.8 Å². The van der Waals surface area contributed by atoms with E-state index in [0.717, 1.165) is 56.9 Å². The van der Waals surface area contributed by atoms with Crippen molar-refractivity contribution in [3.8, 4) is 0 Å². The minimum atomic E-state index is 0.226. The van der Waals surface area contributed by atoms with Gasteiger partial charge in [-0.05, 0) is 37.5 Å². The SMILES string of the molecule is CC1(C)C[C@@H]1c1noc([C@H]2CCCN(C(=O)C3CC3)C2)n1. The summed E-state index contributed by atoms with van der Waals surface area (Å²) >= 11 is 0. The third-order valence-electron chi connectivity index (χ3n) is 5.29. The fraction of sp³-hybridized carbons (Fsp3) is 0.812. The molecule has 1 aliphatic heterocycles. The van der Waals surface area contributed by atoms with Crippen molar-refractivity contribution in [3.63, 3.8) is 0 Å². The highest BCUT2D eigenvalue weighted by Crippen LogP contribution is 2.57. The highest BCUT2D eigenvalue weighted by Gasteiger charge is 2.49. The second-order valence-corrected chi connectivity index (χ2v) is 7.63. The van der Waals surface area contributed by atoms with E-state index in [0.29, 0.717) is 23.2 Å². The summed E-state index contributed by atoms with van der Waals surface area (Å²) in [6.07, 6.45) is 5.37. The molecule has 2 heterocycles. The lowest BCUT2D eigenvalue weighted by Gasteiger charge is -2.31. The summed E-state index contributed by atoms with van der Waals surface area (Å²) in [5, 5.41) is 4.18. The van der Waals surface area contributed by atoms with Gasteiger partial charge in [0, 0.05) is 24.9 Å². The van der Waals surface area contributed by atoms with E-state index in [1.807, 2.05) is 4.90 Å². The molecule has 1 aromatic heterocycles. The van der Waals surface area contributed by atoms with Crippen molar-refractivity contribution in [1.82, 2.24) is 15.0 Å². The summed E-state index contributed by atoms with van der Waals surface area (Å²) in [7, 11) is 0. The fourth-order valence-electron chi connectivity index (χ4n) is 3.43. The molecular formula is C16H23N3O2. The molecule has 2 atom stereocenters. The zero-order valence-electron chi connectivity index (χ0n) is 12.8. The molecule has 0 N–H and O–H groups in total. The number of nitrogens with zero attached hydrogens (tertiary/aromatic N) is 3. The Kier molecular flexibility index (Phi) is 2.88. The first-order valence-electron chi connectivity index (χ1n) is 8.17. The molecule has 0 bridgehead atoms. The maximum absolute atomic E-state index is 12.2. The molecular weight excluding hydrogens is 266 g/mol. The summed E-state index contributed by atoms with van der Waals surface area (Å²) in [5.41, 5.74) is 0.321. The predicted octanol–water partition coefficient (Wildman–Crippen LogP) is 2.70. The highest BCUT2D eigenvalue weighted by atomic mass is 16.5. The first kappa shape index (κ1) is 13.3. The topological polar surface area (TPSA) is 59.2 Å². The van der Waals surface area contributed by atoms with Crippen LogP contribution < -0.4 is 0 Å². The Labute approximate surface area is 125 Å². The predicted molar refractivity (Wildman–Crippen MR) is 76.7 cm³/mol. The minimum absolute atomic E-state index is 0.226. The van der Waals surface area contributed by atoms with Crippen molar-refractivity contribution in [1.29, 1.82) is 0 Å². The summed E-state index contributed by atoms with van der Waals surface area (Å²) in [5.74, 6) is 2.91. The van der Waals surface area contributed by atoms with Gasteiger partial charge in [-0.1, -0.05) is 19.0 Å². The first-order chi connectivity index (χ1) is 10.0. The first-order valence-corrected chi connectivity index (χ1v) is 8.17. The van der Waals surface area contributed by atoms with Gasteiger partial charge in [-0.15, -0.1) is 0 Å². The molecule has 114 valence electrons. The van der Waals surface area contributed by atoms with Crippen molar-refractivity contribution in [3.05, 3.63) is 11.7 Å². The van der Waals surface area contributed by atoms with Crippen LogP contribution in [0.2, 0.25) is 0 Å². The van der Waals surface area contributed by atoms with Crippen LogP contribution in [0.15, 0.2) is 4.52 Å². The Morgan fingerprint density at radius 1 is 1.33 bits per heavy atom. The standard InChI is InChI=1S/C16H23N3O2/c1-16(2)8-12(16)13-17-14(21-18-13)11-4-3-7-19(9-11)15(20)10-5-6-10/h10-12H,3-9H2,1-2H3/t11-,12+/m0/s1. The molecule has 1 amide bonds. The van der Waals surface area contributed by atoms with E-state index in [9.17, 15) is 4.79 Å². The molecule has 4 rings (SSSR count). The summed E-state index contributed by atoms with van der Waals surface area (Å²) in [4.78, 5) is 18.8. The van der Waals surface area contributed by atoms with Crippen molar-refractivity contribution in [2.24, 2.45) is 11.3 Å². The van der Waals surface area contributed by atoms with Crippen LogP contribution in [0.25, 0.3) is 0 Å². The van der Waals surface area contributed by atoms with Gasteiger partial charge >= 0.3 is 0 Å². The second-order valence-electron chi connectivity index (χ2n) is 7.63. The molecule has 0 aromatic carbocycles. The Hall–Kier alpha value is -1.39. The lowest BCUT2D eigenvalue weighted by Crippen LogP contribution is -2.40. The fourth-order valence-corrected chi connectivity index (χ4v) is 3.43. The number of hydrogen-bond donors (Lipinski definition) is 0. The van der Waals surface area contributed by atoms with Crippen LogP contribution in [-0.4, -0.2) is 34.0 Å². The van der Waals surface area contributed by atoms with Gasteiger partial charge in [0.15, 0.2) is 5.82 Å². The summed E-state index contributed by atoms with van der Waals surface area (Å²) in [6, 6.07) is 0. The van der Waals surface area contributed by atoms with Crippen LogP contribution >= 0.6 is 0 Å². The van der Waals surface area contributed by atoms with Crippen LogP contribution in [0.4, 0.5) is 0 Å². The molecule has 5 nitrogen and oxygen atoms in total. The van der Waals surface area contributed by atoms with E-state index in [4.69, 9.17) is 4.52 Å². The lowest BCUT2D eigenvalue weighted by molar-refractivity contribution is -0.133. The van der Waals surface area contributed by atoms with Gasteiger partial charge < -0.3 is 9.42 Å². The number of aromatic nitrogens is 2. The molecule has 2 aliphatic carbocycles. The minimum Gasteiger partial charge on any atom is -0.342 e. The molecule has 21 heavy (non-hydrogen) atoms. The van der Waals surface area contributed by atoms with Gasteiger partial charge in [-0.3, -0.25) is 4.79 Å². The molecule has 3 aliphatic rings. The van der Waals surface area contributed by atoms with Gasteiger partial charge in [0.05, 0.1) is 5.92 Å². The summed E-state index contributed by atoms with van der Waals surface area (Å²) < 4.78 is 5.50. The van der Waals surface area contributed by atoms with E-state index in [1.54, 1.807) is 0 Å². The van der Waals surface area contributed by atoms with E-state index in [1.165, 1.54) is 0 Å². The Bertz CT molecular complexity index is 562. The average Bonchev–Trinajstić information content (AvgIpc) is 3.37. The molecule has 2 saturated carbocycles. The number of likely N-dealkylation sites (tertiary alicyclic amines) is 1. The van der Waals surface area contributed by atoms with Gasteiger partial charge in [-0.2, -0.15) is 4.98 Å². The third-order valence-corrected chi connectivity index (χ3v) is 5.29. The zero-order valence-corrected chi connectivity index (χ0v) is 12.8. The quantitative estimate of drug-likeness (QED) is 0.858. The Morgan fingerprint density at radius 3 is 2.76 bits per heavy atom. The van der Waals surface area contributed by atoms with E-state index >= 15 is 0 Å². The summed E-state index contributed by atoms with van der Waals surface area (Å²) in [6.45, 7) is 6.13. The molecule has 0 unspecified atom stereocenters. The van der Waals surface area contributed by atoms with Crippen LogP contribution in [0, 0.1) is 11.3 Å². The molecule has 1 saturated heterocycles. The normalized spacial score (nSPS) is 31.2. The largest absolute Gasteiger partial charge is 0.342 e. The number of hydrogen-bond acceptors (Lipinski definition) is 4. The second kappa shape index (κ2) is 4.55. The van der Waals surface area contributed by atoms with Crippen molar-refractivity contribution in [2.75, 3.05) is 13.1 Å². The molecule has 1 aromatic rings. The number of piperidine rings is 1. The van der Waals surface area contributed by atoms with Crippen molar-refractivity contribution < 1.29 is 9.32 Å². The van der Waals surface area contributed by atoms with Crippen LogP contribution in [0.1, 0.15) is 69.5 Å². The zero-order chi connectivity index (χ0) is 14.6. The van der Waals surface area contributed by atoms with Gasteiger partial charge in [0.2, 0.25) is 11.8 Å². The average molecular weight is 289 g/mol. The highest BCUT2D eigenvalue weighted by molar-refractivity contribution is 5.81. The maximum atomic E-state index is 12.2. The van der Waals surface area contributed by atoms with E-state index < -0.39 is 0 Å². The van der Waals surface area contributed by atoms with Gasteiger partial charge in [0.1, 0.15) is 0 Å².